The van der Waals surface area contributed by atoms with Crippen molar-refractivity contribution >= 4 is 35.4 Å². The molecule has 10 nitrogen and oxygen atoms in total. The standard InChI is InChI=1S/C27H36N4O6/c1-27(2,3)37-26(36)30(4)17-10-8-16(9-11-17)14-15-28-19-7-5-6-18-22(19)25(35)31(24(18)34)20-12-13-21(32)29-23(20)33/h5-7,16-17,20,28H,8-15H2,1-4H3,(H,29,32,33)/t16-,17-,20?. The second kappa shape index (κ2) is 10.5. The maximum atomic E-state index is 13.2. The van der Waals surface area contributed by atoms with Gasteiger partial charge >= 0.3 is 6.09 Å². The summed E-state index contributed by atoms with van der Waals surface area (Å²) < 4.78 is 5.49. The number of piperidine rings is 1. The van der Waals surface area contributed by atoms with E-state index in [1.165, 1.54) is 0 Å². The van der Waals surface area contributed by atoms with Gasteiger partial charge in [-0.1, -0.05) is 6.07 Å². The summed E-state index contributed by atoms with van der Waals surface area (Å²) >= 11 is 0. The van der Waals surface area contributed by atoms with E-state index in [1.54, 1.807) is 30.1 Å². The van der Waals surface area contributed by atoms with Crippen LogP contribution in [0, 0.1) is 5.92 Å². The van der Waals surface area contributed by atoms with Crippen LogP contribution in [-0.4, -0.2) is 70.8 Å². The number of carbonyl (C=O) groups excluding carboxylic acids is 5. The molecule has 37 heavy (non-hydrogen) atoms. The van der Waals surface area contributed by atoms with Crippen molar-refractivity contribution in [3.63, 3.8) is 0 Å². The van der Waals surface area contributed by atoms with Gasteiger partial charge in [-0.2, -0.15) is 0 Å². The number of fused-ring (bicyclic) bond motifs is 1. The molecule has 2 fully saturated rings. The molecule has 2 heterocycles. The molecule has 1 atom stereocenters. The lowest BCUT2D eigenvalue weighted by atomic mass is 9.83. The molecule has 1 aromatic rings. The molecule has 0 bridgehead atoms. The van der Waals surface area contributed by atoms with E-state index in [1.807, 2.05) is 20.8 Å². The summed E-state index contributed by atoms with van der Waals surface area (Å²) in [4.78, 5) is 65.1. The van der Waals surface area contributed by atoms with Crippen molar-refractivity contribution in [2.45, 2.75) is 83.4 Å². The third-order valence-electron chi connectivity index (χ3n) is 7.38. The summed E-state index contributed by atoms with van der Waals surface area (Å²) in [6.45, 7) is 6.22. The summed E-state index contributed by atoms with van der Waals surface area (Å²) in [5.74, 6) is -1.54. The van der Waals surface area contributed by atoms with Crippen molar-refractivity contribution in [1.82, 2.24) is 15.1 Å². The normalized spacial score (nSPS) is 24.0. The molecule has 0 aromatic heterocycles. The molecule has 1 aliphatic carbocycles. The van der Waals surface area contributed by atoms with Crippen LogP contribution in [0.15, 0.2) is 18.2 Å². The minimum Gasteiger partial charge on any atom is -0.444 e. The number of ether oxygens (including phenoxy) is 1. The fourth-order valence-electron chi connectivity index (χ4n) is 5.38. The number of nitrogens with one attached hydrogen (secondary N) is 2. The molecule has 1 saturated heterocycles. The van der Waals surface area contributed by atoms with Crippen molar-refractivity contribution < 1.29 is 28.7 Å². The van der Waals surface area contributed by atoms with Crippen molar-refractivity contribution in [3.8, 4) is 0 Å². The van der Waals surface area contributed by atoms with Crippen molar-refractivity contribution in [1.29, 1.82) is 0 Å². The molecule has 10 heteroatoms. The Morgan fingerprint density at radius 1 is 1.08 bits per heavy atom. The van der Waals surface area contributed by atoms with Gasteiger partial charge in [-0.15, -0.1) is 0 Å². The van der Waals surface area contributed by atoms with Gasteiger partial charge in [0, 0.05) is 31.7 Å². The van der Waals surface area contributed by atoms with Gasteiger partial charge in [0.05, 0.1) is 11.1 Å². The first-order chi connectivity index (χ1) is 17.5. The Morgan fingerprint density at radius 2 is 1.78 bits per heavy atom. The van der Waals surface area contributed by atoms with E-state index in [0.29, 0.717) is 18.2 Å². The zero-order valence-electron chi connectivity index (χ0n) is 22.0. The summed E-state index contributed by atoms with van der Waals surface area (Å²) in [6, 6.07) is 4.27. The molecule has 2 N–H and O–H groups in total. The number of amides is 5. The van der Waals surface area contributed by atoms with Crippen LogP contribution in [-0.2, 0) is 14.3 Å². The lowest BCUT2D eigenvalue weighted by Crippen LogP contribution is -2.54. The van der Waals surface area contributed by atoms with Crippen LogP contribution in [0.25, 0.3) is 0 Å². The average Bonchev–Trinajstić information content (AvgIpc) is 3.09. The van der Waals surface area contributed by atoms with Gasteiger partial charge in [-0.05, 0) is 77.3 Å². The van der Waals surface area contributed by atoms with Crippen molar-refractivity contribution in [3.05, 3.63) is 29.3 Å². The average molecular weight is 513 g/mol. The van der Waals surface area contributed by atoms with Gasteiger partial charge < -0.3 is 15.0 Å². The highest BCUT2D eigenvalue weighted by Gasteiger charge is 2.45. The van der Waals surface area contributed by atoms with Crippen molar-refractivity contribution in [2.75, 3.05) is 18.9 Å². The zero-order valence-corrected chi connectivity index (χ0v) is 22.0. The number of hydrogen-bond acceptors (Lipinski definition) is 7. The first kappa shape index (κ1) is 26.6. The number of hydrogen-bond donors (Lipinski definition) is 2. The monoisotopic (exact) mass is 512 g/mol. The highest BCUT2D eigenvalue weighted by molar-refractivity contribution is 6.25. The van der Waals surface area contributed by atoms with Gasteiger partial charge in [-0.3, -0.25) is 29.4 Å². The Kier molecular flexibility index (Phi) is 7.57. The SMILES string of the molecule is CN(C(=O)OC(C)(C)C)[C@H]1CC[C@H](CCNc2cccc3c2C(=O)N(C2CCC(=O)NC2=O)C3=O)CC1. The minimum absolute atomic E-state index is 0.0880. The molecule has 3 aliphatic rings. The molecule has 4 rings (SSSR count). The lowest BCUT2D eigenvalue weighted by Gasteiger charge is -2.35. The topological polar surface area (TPSA) is 125 Å². The zero-order chi connectivity index (χ0) is 26.9. The molecule has 2 aliphatic heterocycles. The van der Waals surface area contributed by atoms with Gasteiger partial charge in [0.2, 0.25) is 11.8 Å². The fraction of sp³-hybridized carbons (Fsp3) is 0.593. The second-order valence-electron chi connectivity index (χ2n) is 11.2. The number of benzene rings is 1. The Balaban J connectivity index is 1.31. The molecule has 5 amide bonds. The second-order valence-corrected chi connectivity index (χ2v) is 11.2. The summed E-state index contributed by atoms with van der Waals surface area (Å²) in [6.07, 6.45) is 4.63. The Morgan fingerprint density at radius 3 is 2.43 bits per heavy atom. The van der Waals surface area contributed by atoms with E-state index in [2.05, 4.69) is 10.6 Å². The predicted octanol–water partition coefficient (Wildman–Crippen LogP) is 3.32. The van der Waals surface area contributed by atoms with Crippen LogP contribution in [0.2, 0.25) is 0 Å². The molecule has 0 spiro atoms. The van der Waals surface area contributed by atoms with Crippen LogP contribution in [0.4, 0.5) is 10.5 Å². The first-order valence-electron chi connectivity index (χ1n) is 13.0. The fourth-order valence-corrected chi connectivity index (χ4v) is 5.38. The molecular formula is C27H36N4O6. The Hall–Kier alpha value is -3.43. The van der Waals surface area contributed by atoms with E-state index >= 15 is 0 Å². The molecule has 1 unspecified atom stereocenters. The quantitative estimate of drug-likeness (QED) is 0.560. The van der Waals surface area contributed by atoms with Crippen LogP contribution in [0.3, 0.4) is 0 Å². The van der Waals surface area contributed by atoms with Crippen LogP contribution in [0.1, 0.15) is 86.4 Å². The number of rotatable bonds is 6. The summed E-state index contributed by atoms with van der Waals surface area (Å²) in [7, 11) is 1.80. The maximum Gasteiger partial charge on any atom is 0.410 e. The van der Waals surface area contributed by atoms with Crippen molar-refractivity contribution in [2.24, 2.45) is 5.92 Å². The molecule has 1 aromatic carbocycles. The third kappa shape index (κ3) is 5.78. The van der Waals surface area contributed by atoms with Crippen LogP contribution < -0.4 is 10.6 Å². The summed E-state index contributed by atoms with van der Waals surface area (Å²) in [5, 5.41) is 5.54. The largest absolute Gasteiger partial charge is 0.444 e. The number of imide groups is 2. The number of anilines is 1. The van der Waals surface area contributed by atoms with Gasteiger partial charge in [-0.25, -0.2) is 4.79 Å². The van der Waals surface area contributed by atoms with Gasteiger partial charge in [0.1, 0.15) is 11.6 Å². The molecule has 200 valence electrons. The van der Waals surface area contributed by atoms with E-state index in [9.17, 15) is 24.0 Å². The third-order valence-corrected chi connectivity index (χ3v) is 7.38. The number of nitrogens with zero attached hydrogens (tertiary/aromatic N) is 2. The minimum atomic E-state index is -0.980. The first-order valence-corrected chi connectivity index (χ1v) is 13.0. The molecule has 1 saturated carbocycles. The predicted molar refractivity (Wildman–Crippen MR) is 136 cm³/mol. The van der Waals surface area contributed by atoms with E-state index in [4.69, 9.17) is 4.74 Å². The Labute approximate surface area is 217 Å². The van der Waals surface area contributed by atoms with E-state index in [0.717, 1.165) is 37.0 Å². The maximum absolute atomic E-state index is 13.2. The highest BCUT2D eigenvalue weighted by Crippen LogP contribution is 2.33. The smallest absolute Gasteiger partial charge is 0.410 e. The molecular weight excluding hydrogens is 476 g/mol. The Bertz CT molecular complexity index is 1100. The lowest BCUT2D eigenvalue weighted by molar-refractivity contribution is -0.136. The van der Waals surface area contributed by atoms with Crippen LogP contribution >= 0.6 is 0 Å². The van der Waals surface area contributed by atoms with Crippen LogP contribution in [0.5, 0.6) is 0 Å². The van der Waals surface area contributed by atoms with E-state index in [-0.39, 0.29) is 36.1 Å². The summed E-state index contributed by atoms with van der Waals surface area (Å²) in [5.41, 5.74) is 0.603. The van der Waals surface area contributed by atoms with Gasteiger partial charge in [0.25, 0.3) is 11.8 Å². The van der Waals surface area contributed by atoms with Gasteiger partial charge in [0.15, 0.2) is 0 Å². The highest BCUT2D eigenvalue weighted by atomic mass is 16.6. The van der Waals surface area contributed by atoms with E-state index < -0.39 is 35.3 Å². The molecule has 0 radical (unpaired) electrons. The number of carbonyl (C=O) groups is 5.